The second kappa shape index (κ2) is 8.91. The molecule has 0 aromatic heterocycles. The summed E-state index contributed by atoms with van der Waals surface area (Å²) in [4.78, 5) is 12.1. The fourth-order valence-corrected chi connectivity index (χ4v) is 3.13. The number of aliphatic hydroxyl groups excluding tert-OH is 1. The molecule has 1 saturated heterocycles. The van der Waals surface area contributed by atoms with Crippen molar-refractivity contribution < 1.29 is 9.90 Å². The summed E-state index contributed by atoms with van der Waals surface area (Å²) >= 11 is 0. The van der Waals surface area contributed by atoms with Crippen LogP contribution in [0.25, 0.3) is 0 Å². The Morgan fingerprint density at radius 2 is 2.00 bits per heavy atom. The molecule has 4 heteroatoms. The maximum Gasteiger partial charge on any atom is 0.220 e. The van der Waals surface area contributed by atoms with Gasteiger partial charge in [-0.1, -0.05) is 30.3 Å². The van der Waals surface area contributed by atoms with Crippen LogP contribution in [0.3, 0.4) is 0 Å². The van der Waals surface area contributed by atoms with Crippen molar-refractivity contribution in [1.29, 1.82) is 0 Å². The van der Waals surface area contributed by atoms with Gasteiger partial charge in [-0.25, -0.2) is 0 Å². The molecule has 1 fully saturated rings. The van der Waals surface area contributed by atoms with E-state index in [4.69, 9.17) is 0 Å². The van der Waals surface area contributed by atoms with E-state index in [1.165, 1.54) is 5.56 Å². The molecule has 1 heterocycles. The summed E-state index contributed by atoms with van der Waals surface area (Å²) in [5.41, 5.74) is 1.17. The first-order valence-electron chi connectivity index (χ1n) is 8.35. The number of piperidine rings is 1. The van der Waals surface area contributed by atoms with E-state index in [1.54, 1.807) is 6.92 Å². The van der Waals surface area contributed by atoms with Crippen LogP contribution in [-0.4, -0.2) is 36.8 Å². The van der Waals surface area contributed by atoms with Crippen LogP contribution in [0, 0.1) is 5.92 Å². The number of hydrogen-bond acceptors (Lipinski definition) is 3. The molecule has 4 nitrogen and oxygen atoms in total. The quantitative estimate of drug-likeness (QED) is 0.722. The molecule has 0 spiro atoms. The molecule has 0 bridgehead atoms. The number of carbonyl (C=O) groups is 1. The first-order chi connectivity index (χ1) is 10.6. The van der Waals surface area contributed by atoms with Crippen LogP contribution in [0.5, 0.6) is 0 Å². The number of carbonyl (C=O) groups excluding carboxylic acids is 1. The maximum absolute atomic E-state index is 12.1. The van der Waals surface area contributed by atoms with Crippen molar-refractivity contribution in [2.75, 3.05) is 19.6 Å². The largest absolute Gasteiger partial charge is 0.393 e. The fraction of sp³-hybridized carbons (Fsp3) is 0.611. The Balaban J connectivity index is 1.83. The highest BCUT2D eigenvalue weighted by Gasteiger charge is 2.19. The van der Waals surface area contributed by atoms with Gasteiger partial charge in [-0.05, 0) is 50.8 Å². The van der Waals surface area contributed by atoms with Crippen molar-refractivity contribution in [3.63, 3.8) is 0 Å². The predicted octanol–water partition coefficient (Wildman–Crippen LogP) is 2.05. The van der Waals surface area contributed by atoms with Crippen molar-refractivity contribution in [2.45, 2.75) is 44.6 Å². The minimum Gasteiger partial charge on any atom is -0.393 e. The van der Waals surface area contributed by atoms with Gasteiger partial charge in [0.2, 0.25) is 5.91 Å². The Labute approximate surface area is 133 Å². The molecule has 0 aliphatic carbocycles. The summed E-state index contributed by atoms with van der Waals surface area (Å²) in [6, 6.07) is 10.1. The van der Waals surface area contributed by atoms with Crippen molar-refractivity contribution in [3.05, 3.63) is 35.9 Å². The van der Waals surface area contributed by atoms with E-state index in [1.807, 2.05) is 18.2 Å². The van der Waals surface area contributed by atoms with Crippen molar-refractivity contribution in [3.8, 4) is 0 Å². The lowest BCUT2D eigenvalue weighted by molar-refractivity contribution is -0.122. The third-order valence-electron chi connectivity index (χ3n) is 4.38. The topological polar surface area (TPSA) is 61.4 Å². The van der Waals surface area contributed by atoms with Crippen LogP contribution in [0.4, 0.5) is 0 Å². The molecule has 1 aromatic carbocycles. The number of hydrogen-bond donors (Lipinski definition) is 3. The van der Waals surface area contributed by atoms with Gasteiger partial charge in [-0.3, -0.25) is 4.79 Å². The number of rotatable bonds is 7. The van der Waals surface area contributed by atoms with Crippen LogP contribution in [0.2, 0.25) is 0 Å². The molecule has 1 aliphatic heterocycles. The Kier molecular flexibility index (Phi) is 6.87. The molecule has 1 amide bonds. The number of amides is 1. The highest BCUT2D eigenvalue weighted by atomic mass is 16.3. The molecular formula is C18H28N2O2. The summed E-state index contributed by atoms with van der Waals surface area (Å²) in [5.74, 6) is 0.810. The van der Waals surface area contributed by atoms with Crippen LogP contribution in [0.15, 0.2) is 30.3 Å². The summed E-state index contributed by atoms with van der Waals surface area (Å²) in [6.07, 6.45) is 3.09. The molecule has 1 aliphatic rings. The van der Waals surface area contributed by atoms with E-state index in [0.29, 0.717) is 25.3 Å². The lowest BCUT2D eigenvalue weighted by Crippen LogP contribution is -2.34. The predicted molar refractivity (Wildman–Crippen MR) is 88.7 cm³/mol. The van der Waals surface area contributed by atoms with Crippen molar-refractivity contribution in [1.82, 2.24) is 10.6 Å². The van der Waals surface area contributed by atoms with Crippen molar-refractivity contribution in [2.24, 2.45) is 5.92 Å². The second-order valence-electron chi connectivity index (χ2n) is 6.39. The van der Waals surface area contributed by atoms with E-state index in [9.17, 15) is 9.90 Å². The molecule has 0 saturated carbocycles. The highest BCUT2D eigenvalue weighted by Crippen LogP contribution is 2.21. The summed E-state index contributed by atoms with van der Waals surface area (Å²) in [5, 5.41) is 16.1. The first kappa shape index (κ1) is 17.0. The van der Waals surface area contributed by atoms with Gasteiger partial charge in [0.1, 0.15) is 0 Å². The zero-order valence-corrected chi connectivity index (χ0v) is 13.4. The van der Waals surface area contributed by atoms with Gasteiger partial charge in [-0.15, -0.1) is 0 Å². The van der Waals surface area contributed by atoms with E-state index in [-0.39, 0.29) is 17.9 Å². The Morgan fingerprint density at radius 3 is 2.64 bits per heavy atom. The molecule has 0 radical (unpaired) electrons. The number of aliphatic hydroxyl groups is 1. The highest BCUT2D eigenvalue weighted by molar-refractivity contribution is 5.76. The Bertz CT molecular complexity index is 442. The lowest BCUT2D eigenvalue weighted by atomic mass is 9.92. The van der Waals surface area contributed by atoms with Gasteiger partial charge >= 0.3 is 0 Å². The first-order valence-corrected chi connectivity index (χ1v) is 8.35. The van der Waals surface area contributed by atoms with Gasteiger partial charge < -0.3 is 15.7 Å². The summed E-state index contributed by atoms with van der Waals surface area (Å²) in [7, 11) is 0. The van der Waals surface area contributed by atoms with E-state index in [2.05, 4.69) is 22.8 Å². The zero-order valence-electron chi connectivity index (χ0n) is 13.4. The molecule has 1 aromatic rings. The van der Waals surface area contributed by atoms with Gasteiger partial charge in [0, 0.05) is 18.9 Å². The van der Waals surface area contributed by atoms with Crippen molar-refractivity contribution >= 4 is 5.91 Å². The molecular weight excluding hydrogens is 276 g/mol. The molecule has 22 heavy (non-hydrogen) atoms. The monoisotopic (exact) mass is 304 g/mol. The number of nitrogens with one attached hydrogen (secondary N) is 2. The standard InChI is InChI=1S/C18H28N2O2/c1-14(21)11-17(16-5-3-2-4-6-16)13-20-18(22)12-15-7-9-19-10-8-15/h2-6,14-15,17,19,21H,7-13H2,1H3,(H,20,22). The second-order valence-corrected chi connectivity index (χ2v) is 6.39. The van der Waals surface area contributed by atoms with Gasteiger partial charge in [0.15, 0.2) is 0 Å². The van der Waals surface area contributed by atoms with E-state index < -0.39 is 0 Å². The number of benzene rings is 1. The van der Waals surface area contributed by atoms with Gasteiger partial charge in [-0.2, -0.15) is 0 Å². The van der Waals surface area contributed by atoms with E-state index in [0.717, 1.165) is 25.9 Å². The van der Waals surface area contributed by atoms with E-state index >= 15 is 0 Å². The third kappa shape index (κ3) is 5.78. The average Bonchev–Trinajstić information content (AvgIpc) is 2.53. The Hall–Kier alpha value is -1.39. The minimum absolute atomic E-state index is 0.137. The summed E-state index contributed by atoms with van der Waals surface area (Å²) in [6.45, 7) is 4.44. The normalized spacial score (nSPS) is 18.6. The molecule has 2 atom stereocenters. The van der Waals surface area contributed by atoms with Gasteiger partial charge in [0.25, 0.3) is 0 Å². The molecule has 122 valence electrons. The molecule has 2 unspecified atom stereocenters. The maximum atomic E-state index is 12.1. The lowest BCUT2D eigenvalue weighted by Gasteiger charge is -2.23. The van der Waals surface area contributed by atoms with Gasteiger partial charge in [0.05, 0.1) is 6.10 Å². The SMILES string of the molecule is CC(O)CC(CNC(=O)CC1CCNCC1)c1ccccc1. The van der Waals surface area contributed by atoms with Crippen LogP contribution < -0.4 is 10.6 Å². The Morgan fingerprint density at radius 1 is 1.32 bits per heavy atom. The summed E-state index contributed by atoms with van der Waals surface area (Å²) < 4.78 is 0. The molecule has 3 N–H and O–H groups in total. The fourth-order valence-electron chi connectivity index (χ4n) is 3.13. The zero-order chi connectivity index (χ0) is 15.8. The molecule has 2 rings (SSSR count). The average molecular weight is 304 g/mol. The van der Waals surface area contributed by atoms with Crippen LogP contribution in [-0.2, 0) is 4.79 Å². The van der Waals surface area contributed by atoms with Crippen LogP contribution in [0.1, 0.15) is 44.1 Å². The third-order valence-corrected chi connectivity index (χ3v) is 4.38. The minimum atomic E-state index is -0.369. The smallest absolute Gasteiger partial charge is 0.220 e. The van der Waals surface area contributed by atoms with Crippen LogP contribution >= 0.6 is 0 Å².